The first-order valence-electron chi connectivity index (χ1n) is 7.55. The Kier molecular flexibility index (Phi) is 4.73. The van der Waals surface area contributed by atoms with Crippen LogP contribution in [0.4, 0.5) is 0 Å². The van der Waals surface area contributed by atoms with Gasteiger partial charge in [-0.1, -0.05) is 32.4 Å². The zero-order valence-corrected chi connectivity index (χ0v) is 14.1. The fourth-order valence-electron chi connectivity index (χ4n) is 3.79. The third kappa shape index (κ3) is 4.14. The standard InChI is InChI=1S/C17H24ClNO3/c1-16(2)7-12(20)8-17(3,9-16)10-19-15(22)13-6-11(18)4-5-14(13)21/h4-6,12,20-21H,7-10H2,1-3H3,(H,19,22)/t12-,17+/m0/s1. The maximum Gasteiger partial charge on any atom is 0.255 e. The van der Waals surface area contributed by atoms with Gasteiger partial charge in [0.25, 0.3) is 5.91 Å². The van der Waals surface area contributed by atoms with Crippen molar-refractivity contribution in [3.63, 3.8) is 0 Å². The van der Waals surface area contributed by atoms with Gasteiger partial charge >= 0.3 is 0 Å². The summed E-state index contributed by atoms with van der Waals surface area (Å²) in [5.74, 6) is -0.435. The molecular weight excluding hydrogens is 302 g/mol. The molecule has 0 saturated heterocycles. The number of amides is 1. The van der Waals surface area contributed by atoms with Crippen LogP contribution < -0.4 is 5.32 Å². The summed E-state index contributed by atoms with van der Waals surface area (Å²) in [5.41, 5.74) is 0.0621. The summed E-state index contributed by atoms with van der Waals surface area (Å²) in [6, 6.07) is 4.40. The molecule has 1 aromatic carbocycles. The Labute approximate surface area is 136 Å². The average Bonchev–Trinajstić information content (AvgIpc) is 2.36. The van der Waals surface area contributed by atoms with Gasteiger partial charge in [0.2, 0.25) is 0 Å². The van der Waals surface area contributed by atoms with Crippen molar-refractivity contribution in [3.8, 4) is 5.75 Å². The molecule has 0 spiro atoms. The summed E-state index contributed by atoms with van der Waals surface area (Å²) in [6.45, 7) is 6.81. The molecule has 0 bridgehead atoms. The van der Waals surface area contributed by atoms with E-state index in [4.69, 9.17) is 11.6 Å². The van der Waals surface area contributed by atoms with E-state index in [0.29, 0.717) is 18.0 Å². The number of hydrogen-bond donors (Lipinski definition) is 3. The fourth-order valence-corrected chi connectivity index (χ4v) is 3.96. The summed E-state index contributed by atoms with van der Waals surface area (Å²) in [4.78, 5) is 12.3. The highest BCUT2D eigenvalue weighted by Gasteiger charge is 2.40. The van der Waals surface area contributed by atoms with E-state index in [1.165, 1.54) is 18.2 Å². The molecule has 2 atom stereocenters. The number of aliphatic hydroxyl groups is 1. The van der Waals surface area contributed by atoms with Gasteiger partial charge in [-0.25, -0.2) is 0 Å². The molecule has 1 aliphatic carbocycles. The second kappa shape index (κ2) is 6.09. The predicted octanol–water partition coefficient (Wildman–Crippen LogP) is 3.35. The molecule has 1 amide bonds. The molecule has 22 heavy (non-hydrogen) atoms. The molecule has 3 N–H and O–H groups in total. The van der Waals surface area contributed by atoms with Crippen LogP contribution in [0.15, 0.2) is 18.2 Å². The van der Waals surface area contributed by atoms with Gasteiger partial charge in [0.1, 0.15) is 5.75 Å². The van der Waals surface area contributed by atoms with E-state index in [1.807, 2.05) is 0 Å². The van der Waals surface area contributed by atoms with Gasteiger partial charge in [-0.3, -0.25) is 4.79 Å². The van der Waals surface area contributed by atoms with E-state index >= 15 is 0 Å². The van der Waals surface area contributed by atoms with E-state index in [9.17, 15) is 15.0 Å². The fraction of sp³-hybridized carbons (Fsp3) is 0.588. The Morgan fingerprint density at radius 2 is 2.05 bits per heavy atom. The number of nitrogens with one attached hydrogen (secondary N) is 1. The van der Waals surface area contributed by atoms with Crippen LogP contribution in [-0.2, 0) is 0 Å². The van der Waals surface area contributed by atoms with Gasteiger partial charge in [0.05, 0.1) is 11.7 Å². The van der Waals surface area contributed by atoms with Gasteiger partial charge in [-0.2, -0.15) is 0 Å². The molecule has 1 aromatic rings. The van der Waals surface area contributed by atoms with Crippen molar-refractivity contribution in [2.24, 2.45) is 10.8 Å². The van der Waals surface area contributed by atoms with Crippen molar-refractivity contribution in [3.05, 3.63) is 28.8 Å². The molecule has 4 nitrogen and oxygen atoms in total. The SMILES string of the molecule is CC1(C)C[C@H](O)C[C@@](C)(CNC(=O)c2cc(Cl)ccc2O)C1. The first kappa shape index (κ1) is 17.1. The minimum atomic E-state index is -0.348. The quantitative estimate of drug-likeness (QED) is 0.798. The van der Waals surface area contributed by atoms with Gasteiger partial charge in [0.15, 0.2) is 0 Å². The van der Waals surface area contributed by atoms with E-state index in [0.717, 1.165) is 12.8 Å². The number of phenolic OH excluding ortho intramolecular Hbond substituents is 1. The van der Waals surface area contributed by atoms with Crippen LogP contribution in [0, 0.1) is 10.8 Å². The molecule has 0 unspecified atom stereocenters. The lowest BCUT2D eigenvalue weighted by Crippen LogP contribution is -2.45. The molecule has 1 saturated carbocycles. The molecule has 1 fully saturated rings. The van der Waals surface area contributed by atoms with Gasteiger partial charge < -0.3 is 15.5 Å². The zero-order chi connectivity index (χ0) is 16.5. The molecule has 2 rings (SSSR count). The van der Waals surface area contributed by atoms with Crippen molar-refractivity contribution in [2.45, 2.75) is 46.1 Å². The Hall–Kier alpha value is -1.26. The van der Waals surface area contributed by atoms with Crippen molar-refractivity contribution in [1.29, 1.82) is 0 Å². The summed E-state index contributed by atoms with van der Waals surface area (Å²) in [6.07, 6.45) is 2.04. The van der Waals surface area contributed by atoms with Gasteiger partial charge in [-0.15, -0.1) is 0 Å². The van der Waals surface area contributed by atoms with Crippen LogP contribution in [0.2, 0.25) is 5.02 Å². The van der Waals surface area contributed by atoms with Gasteiger partial charge in [0, 0.05) is 11.6 Å². The second-order valence-corrected chi connectivity index (χ2v) is 7.99. The third-order valence-electron chi connectivity index (χ3n) is 4.30. The zero-order valence-electron chi connectivity index (χ0n) is 13.3. The van der Waals surface area contributed by atoms with Crippen molar-refractivity contribution in [1.82, 2.24) is 5.32 Å². The topological polar surface area (TPSA) is 69.6 Å². The minimum Gasteiger partial charge on any atom is -0.507 e. The number of benzene rings is 1. The number of hydrogen-bond acceptors (Lipinski definition) is 3. The largest absolute Gasteiger partial charge is 0.507 e. The molecular formula is C17H24ClNO3. The molecule has 0 aliphatic heterocycles. The van der Waals surface area contributed by atoms with Crippen LogP contribution >= 0.6 is 11.6 Å². The average molecular weight is 326 g/mol. The maximum atomic E-state index is 12.3. The first-order valence-corrected chi connectivity index (χ1v) is 7.93. The smallest absolute Gasteiger partial charge is 0.255 e. The van der Waals surface area contributed by atoms with E-state index in [-0.39, 0.29) is 34.2 Å². The lowest BCUT2D eigenvalue weighted by molar-refractivity contribution is -0.00840. The minimum absolute atomic E-state index is 0.0509. The highest BCUT2D eigenvalue weighted by atomic mass is 35.5. The molecule has 5 heteroatoms. The van der Waals surface area contributed by atoms with Crippen LogP contribution in [0.25, 0.3) is 0 Å². The molecule has 0 radical (unpaired) electrons. The molecule has 122 valence electrons. The predicted molar refractivity (Wildman–Crippen MR) is 87.2 cm³/mol. The monoisotopic (exact) mass is 325 g/mol. The van der Waals surface area contributed by atoms with E-state index in [2.05, 4.69) is 26.1 Å². The number of rotatable bonds is 3. The number of halogens is 1. The Bertz CT molecular complexity index is 573. The Balaban J connectivity index is 2.05. The lowest BCUT2D eigenvalue weighted by atomic mass is 9.63. The first-order chi connectivity index (χ1) is 10.1. The van der Waals surface area contributed by atoms with Crippen molar-refractivity contribution in [2.75, 3.05) is 6.54 Å². The number of phenols is 1. The Morgan fingerprint density at radius 1 is 1.36 bits per heavy atom. The number of aromatic hydroxyl groups is 1. The lowest BCUT2D eigenvalue weighted by Gasteiger charge is -2.45. The normalized spacial score (nSPS) is 27.4. The second-order valence-electron chi connectivity index (χ2n) is 7.56. The maximum absolute atomic E-state index is 12.3. The summed E-state index contributed by atoms with van der Waals surface area (Å²) < 4.78 is 0. The van der Waals surface area contributed by atoms with Crippen LogP contribution in [0.1, 0.15) is 50.4 Å². The summed E-state index contributed by atoms with van der Waals surface area (Å²) in [7, 11) is 0. The Morgan fingerprint density at radius 3 is 2.68 bits per heavy atom. The van der Waals surface area contributed by atoms with Gasteiger partial charge in [-0.05, 0) is 48.3 Å². The van der Waals surface area contributed by atoms with Crippen molar-refractivity contribution >= 4 is 17.5 Å². The molecule has 1 aliphatic rings. The molecule has 0 heterocycles. The summed E-state index contributed by atoms with van der Waals surface area (Å²) in [5, 5.41) is 23.1. The van der Waals surface area contributed by atoms with Crippen LogP contribution in [0.3, 0.4) is 0 Å². The van der Waals surface area contributed by atoms with E-state index in [1.54, 1.807) is 0 Å². The number of aliphatic hydroxyl groups excluding tert-OH is 1. The van der Waals surface area contributed by atoms with E-state index < -0.39 is 0 Å². The van der Waals surface area contributed by atoms with Crippen molar-refractivity contribution < 1.29 is 15.0 Å². The third-order valence-corrected chi connectivity index (χ3v) is 4.54. The number of carbonyl (C=O) groups excluding carboxylic acids is 1. The number of carbonyl (C=O) groups is 1. The van der Waals surface area contributed by atoms with Crippen LogP contribution in [0.5, 0.6) is 5.75 Å². The summed E-state index contributed by atoms with van der Waals surface area (Å²) >= 11 is 5.87. The highest BCUT2D eigenvalue weighted by molar-refractivity contribution is 6.31. The molecule has 0 aromatic heterocycles. The van der Waals surface area contributed by atoms with Crippen LogP contribution in [-0.4, -0.2) is 28.8 Å². The highest BCUT2D eigenvalue weighted by Crippen LogP contribution is 2.45.